The molecule has 0 bridgehead atoms. The van der Waals surface area contributed by atoms with Crippen molar-refractivity contribution in [3.05, 3.63) is 0 Å². The number of rotatable bonds is 1. The first-order valence-corrected chi connectivity index (χ1v) is 4.42. The highest BCUT2D eigenvalue weighted by atomic mass is 35.5. The van der Waals surface area contributed by atoms with Crippen molar-refractivity contribution in [2.75, 3.05) is 0 Å². The van der Waals surface area contributed by atoms with Gasteiger partial charge in [0, 0.05) is 11.6 Å². The fourth-order valence-electron chi connectivity index (χ4n) is 1.62. The summed E-state index contributed by atoms with van der Waals surface area (Å²) in [6, 6.07) is 0. The summed E-state index contributed by atoms with van der Waals surface area (Å²) in [6.45, 7) is 2.17. The molecule has 3 heteroatoms. The predicted molar refractivity (Wildman–Crippen MR) is 43.8 cm³/mol. The summed E-state index contributed by atoms with van der Waals surface area (Å²) < 4.78 is 4.89. The fraction of sp³-hybridized carbons (Fsp3) is 0.875. The summed E-state index contributed by atoms with van der Waals surface area (Å²) in [5.41, 5.74) is -0.663. The Labute approximate surface area is 71.9 Å². The summed E-state index contributed by atoms with van der Waals surface area (Å²) >= 11 is 5.10. The van der Waals surface area contributed by atoms with Gasteiger partial charge in [-0.15, -0.1) is 0 Å². The van der Waals surface area contributed by atoms with Crippen molar-refractivity contribution in [1.29, 1.82) is 0 Å². The molecule has 0 radical (unpaired) electrons. The monoisotopic (exact) mass is 176 g/mol. The molecule has 1 aliphatic rings. The van der Waals surface area contributed by atoms with Crippen molar-refractivity contribution in [3.63, 3.8) is 0 Å². The van der Waals surface area contributed by atoms with Crippen LogP contribution in [-0.2, 0) is 4.74 Å². The predicted octanol–water partition coefficient (Wildman–Crippen LogP) is 2.94. The van der Waals surface area contributed by atoms with Crippen molar-refractivity contribution < 1.29 is 9.53 Å². The van der Waals surface area contributed by atoms with Gasteiger partial charge in [0.05, 0.1) is 0 Å². The molecule has 2 atom stereocenters. The molecule has 0 saturated heterocycles. The molecule has 11 heavy (non-hydrogen) atoms. The lowest BCUT2D eigenvalue weighted by molar-refractivity contribution is 0.0803. The third-order valence-corrected chi connectivity index (χ3v) is 2.24. The summed E-state index contributed by atoms with van der Waals surface area (Å²) in [5, 5.41) is 0. The van der Waals surface area contributed by atoms with E-state index < -0.39 is 5.43 Å². The molecule has 1 saturated carbocycles. The molecule has 0 aromatic carbocycles. The van der Waals surface area contributed by atoms with E-state index in [-0.39, 0.29) is 6.10 Å². The molecular weight excluding hydrogens is 164 g/mol. The highest BCUT2D eigenvalue weighted by molar-refractivity contribution is 6.61. The molecule has 0 aromatic rings. The Morgan fingerprint density at radius 2 is 2.27 bits per heavy atom. The van der Waals surface area contributed by atoms with Crippen molar-refractivity contribution in [3.8, 4) is 0 Å². The smallest absolute Gasteiger partial charge is 0.404 e. The molecule has 1 fully saturated rings. The molecule has 0 spiro atoms. The van der Waals surface area contributed by atoms with Gasteiger partial charge in [-0.2, -0.15) is 0 Å². The quantitative estimate of drug-likeness (QED) is 0.575. The highest BCUT2D eigenvalue weighted by Gasteiger charge is 2.21. The van der Waals surface area contributed by atoms with Crippen LogP contribution in [0.2, 0.25) is 0 Å². The molecule has 0 amide bonds. The van der Waals surface area contributed by atoms with Gasteiger partial charge in [0.2, 0.25) is 0 Å². The maximum Gasteiger partial charge on any atom is 0.404 e. The molecule has 0 aromatic heterocycles. The third kappa shape index (κ3) is 3.10. The average molecular weight is 177 g/mol. The standard InChI is InChI=1S/C8H13ClO2/c1-6-3-2-4-7(5-6)11-8(9)10/h6-7H,2-5H2,1H3/t6-,7+/m1/s1. The minimum Gasteiger partial charge on any atom is -0.450 e. The number of hydrogen-bond donors (Lipinski definition) is 0. The van der Waals surface area contributed by atoms with E-state index in [1.165, 1.54) is 6.42 Å². The second kappa shape index (κ2) is 3.96. The van der Waals surface area contributed by atoms with Gasteiger partial charge in [0.15, 0.2) is 0 Å². The van der Waals surface area contributed by atoms with E-state index in [0.29, 0.717) is 5.92 Å². The van der Waals surface area contributed by atoms with E-state index >= 15 is 0 Å². The summed E-state index contributed by atoms with van der Waals surface area (Å²) in [6.07, 6.45) is 4.41. The van der Waals surface area contributed by atoms with Crippen LogP contribution in [0.3, 0.4) is 0 Å². The van der Waals surface area contributed by atoms with Gasteiger partial charge in [0.1, 0.15) is 6.10 Å². The zero-order valence-corrected chi connectivity index (χ0v) is 7.43. The van der Waals surface area contributed by atoms with Crippen LogP contribution in [0.5, 0.6) is 0 Å². The Bertz CT molecular complexity index is 147. The first kappa shape index (κ1) is 8.85. The second-order valence-corrected chi connectivity index (χ2v) is 3.56. The second-order valence-electron chi connectivity index (χ2n) is 3.25. The minimum atomic E-state index is -0.663. The van der Waals surface area contributed by atoms with E-state index in [1.54, 1.807) is 0 Å². The normalized spacial score (nSPS) is 31.5. The minimum absolute atomic E-state index is 0.0729. The van der Waals surface area contributed by atoms with Gasteiger partial charge in [0.25, 0.3) is 0 Å². The van der Waals surface area contributed by atoms with E-state index in [1.807, 2.05) is 0 Å². The molecule has 0 N–H and O–H groups in total. The lowest BCUT2D eigenvalue weighted by atomic mass is 9.89. The van der Waals surface area contributed by atoms with Gasteiger partial charge in [-0.25, -0.2) is 4.79 Å². The summed E-state index contributed by atoms with van der Waals surface area (Å²) in [5.74, 6) is 0.671. The van der Waals surface area contributed by atoms with E-state index in [9.17, 15) is 4.79 Å². The Kier molecular flexibility index (Phi) is 3.18. The maximum absolute atomic E-state index is 10.4. The SMILES string of the molecule is C[C@@H]1CCC[C@H](OC(=O)Cl)C1. The third-order valence-electron chi connectivity index (χ3n) is 2.15. The number of halogens is 1. The van der Waals surface area contributed by atoms with E-state index in [0.717, 1.165) is 19.3 Å². The van der Waals surface area contributed by atoms with Crippen molar-refractivity contribution >= 4 is 17.0 Å². The summed E-state index contributed by atoms with van der Waals surface area (Å²) in [7, 11) is 0. The van der Waals surface area contributed by atoms with Gasteiger partial charge in [-0.3, -0.25) is 0 Å². The molecule has 0 unspecified atom stereocenters. The zero-order valence-electron chi connectivity index (χ0n) is 6.68. The van der Waals surface area contributed by atoms with Crippen LogP contribution in [0, 0.1) is 5.92 Å². The Balaban J connectivity index is 2.28. The number of carbonyl (C=O) groups excluding carboxylic acids is 1. The number of hydrogen-bond acceptors (Lipinski definition) is 2. The molecule has 0 aliphatic heterocycles. The topological polar surface area (TPSA) is 26.3 Å². The number of ether oxygens (including phenoxy) is 1. The summed E-state index contributed by atoms with van der Waals surface area (Å²) in [4.78, 5) is 10.4. The Hall–Kier alpha value is -0.240. The van der Waals surface area contributed by atoms with Gasteiger partial charge < -0.3 is 4.74 Å². The molecule has 64 valence electrons. The van der Waals surface area contributed by atoms with Gasteiger partial charge in [-0.05, 0) is 25.2 Å². The highest BCUT2D eigenvalue weighted by Crippen LogP contribution is 2.25. The van der Waals surface area contributed by atoms with Gasteiger partial charge in [-0.1, -0.05) is 13.3 Å². The van der Waals surface area contributed by atoms with Crippen molar-refractivity contribution in [2.45, 2.75) is 38.7 Å². The molecule has 0 heterocycles. The largest absolute Gasteiger partial charge is 0.450 e. The molecular formula is C8H13ClO2. The lowest BCUT2D eigenvalue weighted by Gasteiger charge is -2.25. The average Bonchev–Trinajstić information content (AvgIpc) is 1.85. The number of carbonyl (C=O) groups is 1. The van der Waals surface area contributed by atoms with Crippen LogP contribution in [0.1, 0.15) is 32.6 Å². The maximum atomic E-state index is 10.4. The van der Waals surface area contributed by atoms with Crippen LogP contribution in [0.15, 0.2) is 0 Å². The van der Waals surface area contributed by atoms with Crippen molar-refractivity contribution in [1.82, 2.24) is 0 Å². The van der Waals surface area contributed by atoms with Crippen molar-refractivity contribution in [2.24, 2.45) is 5.92 Å². The van der Waals surface area contributed by atoms with Crippen LogP contribution in [0.25, 0.3) is 0 Å². The van der Waals surface area contributed by atoms with Crippen LogP contribution in [0.4, 0.5) is 4.79 Å². The van der Waals surface area contributed by atoms with E-state index in [4.69, 9.17) is 16.3 Å². The Morgan fingerprint density at radius 3 is 2.82 bits per heavy atom. The first-order chi connectivity index (χ1) is 5.18. The van der Waals surface area contributed by atoms with Crippen LogP contribution < -0.4 is 0 Å². The van der Waals surface area contributed by atoms with Gasteiger partial charge >= 0.3 is 5.43 Å². The molecule has 1 rings (SSSR count). The first-order valence-electron chi connectivity index (χ1n) is 4.04. The fourth-order valence-corrected chi connectivity index (χ4v) is 1.74. The molecule has 2 nitrogen and oxygen atoms in total. The van der Waals surface area contributed by atoms with E-state index in [2.05, 4.69) is 6.92 Å². The molecule has 1 aliphatic carbocycles. The van der Waals surface area contributed by atoms with Crippen LogP contribution >= 0.6 is 11.6 Å². The Morgan fingerprint density at radius 1 is 1.55 bits per heavy atom. The lowest BCUT2D eigenvalue weighted by Crippen LogP contribution is -2.22. The van der Waals surface area contributed by atoms with Crippen LogP contribution in [-0.4, -0.2) is 11.5 Å². The zero-order chi connectivity index (χ0) is 8.27.